The molecule has 1 aliphatic heterocycles. The van der Waals surface area contributed by atoms with E-state index < -0.39 is 10.0 Å². The Morgan fingerprint density at radius 3 is 2.41 bits per heavy atom. The molecule has 3 aromatic rings. The fourth-order valence-corrected chi connectivity index (χ4v) is 4.50. The van der Waals surface area contributed by atoms with E-state index >= 15 is 0 Å². The lowest BCUT2D eigenvalue weighted by Crippen LogP contribution is -2.49. The van der Waals surface area contributed by atoms with Crippen LogP contribution >= 0.6 is 0 Å². The van der Waals surface area contributed by atoms with Gasteiger partial charge in [0, 0.05) is 49.8 Å². The lowest BCUT2D eigenvalue weighted by atomic mass is 10.2. The van der Waals surface area contributed by atoms with Gasteiger partial charge in [-0.2, -0.15) is 9.29 Å². The molecule has 0 unspecified atom stereocenters. The first-order valence-electron chi connectivity index (χ1n) is 9.35. The maximum absolute atomic E-state index is 12.6. The first kappa shape index (κ1) is 19.3. The molecule has 0 saturated carbocycles. The van der Waals surface area contributed by atoms with E-state index in [9.17, 15) is 8.42 Å². The topological polar surface area (TPSA) is 107 Å². The van der Waals surface area contributed by atoms with Crippen molar-refractivity contribution in [2.24, 2.45) is 0 Å². The number of anilines is 3. The summed E-state index contributed by atoms with van der Waals surface area (Å²) in [6.45, 7) is 5.70. The van der Waals surface area contributed by atoms with Crippen molar-refractivity contribution in [2.75, 3.05) is 36.4 Å². The van der Waals surface area contributed by atoms with E-state index in [0.29, 0.717) is 37.9 Å². The summed E-state index contributed by atoms with van der Waals surface area (Å²) in [5.74, 6) is 1.30. The minimum atomic E-state index is -3.57. The molecule has 4 rings (SSSR count). The Bertz CT molecular complexity index is 1070. The zero-order valence-corrected chi connectivity index (χ0v) is 17.1. The van der Waals surface area contributed by atoms with Gasteiger partial charge in [0.1, 0.15) is 5.82 Å². The highest BCUT2D eigenvalue weighted by atomic mass is 32.2. The van der Waals surface area contributed by atoms with E-state index in [4.69, 9.17) is 0 Å². The van der Waals surface area contributed by atoms with Crippen molar-refractivity contribution in [2.45, 2.75) is 18.9 Å². The van der Waals surface area contributed by atoms with Crippen LogP contribution < -0.4 is 10.2 Å². The van der Waals surface area contributed by atoms with Gasteiger partial charge in [-0.15, -0.1) is 0 Å². The van der Waals surface area contributed by atoms with E-state index in [2.05, 4.69) is 25.3 Å². The fraction of sp³-hybridized carbons (Fsp3) is 0.316. The average Bonchev–Trinajstić information content (AvgIpc) is 3.25. The van der Waals surface area contributed by atoms with E-state index in [1.54, 1.807) is 0 Å². The summed E-state index contributed by atoms with van der Waals surface area (Å²) >= 11 is 0. The van der Waals surface area contributed by atoms with Crippen LogP contribution in [0.3, 0.4) is 0 Å². The summed E-state index contributed by atoms with van der Waals surface area (Å²) in [4.78, 5) is 17.7. The number of imidazole rings is 1. The number of nitrogens with one attached hydrogen (secondary N) is 2. The molecule has 0 amide bonds. The number of aromatic amines is 1. The van der Waals surface area contributed by atoms with Crippen molar-refractivity contribution in [3.05, 3.63) is 54.1 Å². The number of nitrogens with zero attached hydrogens (tertiary/aromatic N) is 5. The Hall–Kier alpha value is -2.98. The summed E-state index contributed by atoms with van der Waals surface area (Å²) in [6.07, 6.45) is 2.76. The minimum absolute atomic E-state index is 0.0438. The molecule has 1 fully saturated rings. The number of aryl methyl sites for hydroxylation is 2. The number of rotatable bonds is 5. The predicted molar refractivity (Wildman–Crippen MR) is 111 cm³/mol. The van der Waals surface area contributed by atoms with Crippen LogP contribution in [0.15, 0.2) is 47.9 Å². The zero-order valence-electron chi connectivity index (χ0n) is 16.3. The third-order valence-electron chi connectivity index (χ3n) is 4.77. The summed E-state index contributed by atoms with van der Waals surface area (Å²) in [5, 5.41) is 3.35. The first-order valence-corrected chi connectivity index (χ1v) is 10.8. The Morgan fingerprint density at radius 1 is 1.03 bits per heavy atom. The van der Waals surface area contributed by atoms with Gasteiger partial charge in [-0.1, -0.05) is 17.7 Å². The van der Waals surface area contributed by atoms with Gasteiger partial charge in [0.2, 0.25) is 5.95 Å². The van der Waals surface area contributed by atoms with Gasteiger partial charge in [0.15, 0.2) is 5.03 Å². The quantitative estimate of drug-likeness (QED) is 0.659. The number of hydrogen-bond acceptors (Lipinski definition) is 7. The highest BCUT2D eigenvalue weighted by Crippen LogP contribution is 2.21. The van der Waals surface area contributed by atoms with Crippen molar-refractivity contribution in [3.63, 3.8) is 0 Å². The Morgan fingerprint density at radius 2 is 1.76 bits per heavy atom. The predicted octanol–water partition coefficient (Wildman–Crippen LogP) is 2.07. The van der Waals surface area contributed by atoms with Crippen molar-refractivity contribution >= 4 is 27.5 Å². The number of benzene rings is 1. The molecule has 0 atom stereocenters. The number of piperazine rings is 1. The van der Waals surface area contributed by atoms with Gasteiger partial charge in [0.25, 0.3) is 10.0 Å². The van der Waals surface area contributed by atoms with Crippen molar-refractivity contribution in [3.8, 4) is 0 Å². The third kappa shape index (κ3) is 4.22. The molecule has 1 aromatic carbocycles. The normalized spacial score (nSPS) is 15.4. The molecule has 0 spiro atoms. The molecule has 0 radical (unpaired) electrons. The second-order valence-electron chi connectivity index (χ2n) is 6.98. The SMILES string of the molecule is Cc1ccc(Nc2cc(C)nc(N3CCN(S(=O)(=O)c4c[nH]cn4)CC3)n2)cc1. The summed E-state index contributed by atoms with van der Waals surface area (Å²) < 4.78 is 26.7. The van der Waals surface area contributed by atoms with E-state index in [0.717, 1.165) is 11.4 Å². The first-order chi connectivity index (χ1) is 13.9. The van der Waals surface area contributed by atoms with Gasteiger partial charge < -0.3 is 15.2 Å². The number of H-pyrrole nitrogens is 1. The molecule has 0 bridgehead atoms. The molecule has 152 valence electrons. The van der Waals surface area contributed by atoms with E-state index in [1.165, 1.54) is 22.4 Å². The van der Waals surface area contributed by atoms with Crippen LogP contribution in [-0.4, -0.2) is 58.8 Å². The monoisotopic (exact) mass is 413 g/mol. The molecule has 3 heterocycles. The van der Waals surface area contributed by atoms with Crippen LogP contribution in [-0.2, 0) is 10.0 Å². The third-order valence-corrected chi connectivity index (χ3v) is 6.56. The second-order valence-corrected chi connectivity index (χ2v) is 8.87. The Kier molecular flexibility index (Phi) is 5.20. The van der Waals surface area contributed by atoms with Crippen LogP contribution in [0.2, 0.25) is 0 Å². The van der Waals surface area contributed by atoms with Crippen molar-refractivity contribution in [1.82, 2.24) is 24.2 Å². The van der Waals surface area contributed by atoms with Crippen molar-refractivity contribution in [1.29, 1.82) is 0 Å². The smallest absolute Gasteiger partial charge is 0.262 e. The fourth-order valence-electron chi connectivity index (χ4n) is 3.19. The maximum atomic E-state index is 12.6. The van der Waals surface area contributed by atoms with Gasteiger partial charge in [-0.25, -0.2) is 18.4 Å². The molecule has 2 aromatic heterocycles. The number of hydrogen-bond donors (Lipinski definition) is 2. The summed E-state index contributed by atoms with van der Waals surface area (Å²) in [7, 11) is -3.57. The molecular weight excluding hydrogens is 390 g/mol. The van der Waals surface area contributed by atoms with Crippen molar-refractivity contribution < 1.29 is 8.42 Å². The maximum Gasteiger partial charge on any atom is 0.262 e. The van der Waals surface area contributed by atoms with Crippen LogP contribution in [0.4, 0.5) is 17.5 Å². The van der Waals surface area contributed by atoms with Gasteiger partial charge in [-0.3, -0.25) is 0 Å². The summed E-state index contributed by atoms with van der Waals surface area (Å²) in [6, 6.07) is 9.98. The van der Waals surface area contributed by atoms with Gasteiger partial charge >= 0.3 is 0 Å². The minimum Gasteiger partial charge on any atom is -0.350 e. The molecule has 10 heteroatoms. The summed E-state index contributed by atoms with van der Waals surface area (Å²) in [5.41, 5.74) is 2.99. The Balaban J connectivity index is 1.47. The van der Waals surface area contributed by atoms with Crippen LogP contribution in [0.5, 0.6) is 0 Å². The zero-order chi connectivity index (χ0) is 20.4. The molecule has 9 nitrogen and oxygen atoms in total. The van der Waals surface area contributed by atoms with E-state index in [-0.39, 0.29) is 5.03 Å². The van der Waals surface area contributed by atoms with Crippen LogP contribution in [0.25, 0.3) is 0 Å². The second kappa shape index (κ2) is 7.80. The van der Waals surface area contributed by atoms with Crippen LogP contribution in [0.1, 0.15) is 11.3 Å². The number of sulfonamides is 1. The molecule has 1 saturated heterocycles. The van der Waals surface area contributed by atoms with E-state index in [1.807, 2.05) is 49.1 Å². The molecule has 29 heavy (non-hydrogen) atoms. The Labute approximate surface area is 169 Å². The average molecular weight is 414 g/mol. The molecule has 0 aliphatic carbocycles. The van der Waals surface area contributed by atoms with Crippen LogP contribution in [0, 0.1) is 13.8 Å². The molecule has 1 aliphatic rings. The largest absolute Gasteiger partial charge is 0.350 e. The van der Waals surface area contributed by atoms with Gasteiger partial charge in [0.05, 0.1) is 6.33 Å². The highest BCUT2D eigenvalue weighted by molar-refractivity contribution is 7.89. The van der Waals surface area contributed by atoms with Gasteiger partial charge in [-0.05, 0) is 26.0 Å². The lowest BCUT2D eigenvalue weighted by molar-refractivity contribution is 0.381. The molecule has 2 N–H and O–H groups in total. The lowest BCUT2D eigenvalue weighted by Gasteiger charge is -2.33. The standard InChI is InChI=1S/C19H23N7O2S/c1-14-3-5-16(6-4-14)23-17-11-15(2)22-19(24-17)25-7-9-26(10-8-25)29(27,28)18-12-20-13-21-18/h3-6,11-13H,7-10H2,1-2H3,(H,20,21)(H,22,23,24). The molecular formula is C19H23N7O2S. The number of aromatic nitrogens is 4. The highest BCUT2D eigenvalue weighted by Gasteiger charge is 2.30.